The molecule has 1 atom stereocenters. The Bertz CT molecular complexity index is 556. The molecular weight excluding hydrogens is 396 g/mol. The topological polar surface area (TPSA) is 75.6 Å². The number of hydrogen-bond acceptors (Lipinski definition) is 5. The van der Waals surface area contributed by atoms with Crippen LogP contribution in [0.2, 0.25) is 0 Å². The summed E-state index contributed by atoms with van der Waals surface area (Å²) in [5.41, 5.74) is -0.458. The first kappa shape index (κ1) is 25.7. The Morgan fingerprint density at radius 3 is 2.48 bits per heavy atom. The number of rotatable bonds is 8. The summed E-state index contributed by atoms with van der Waals surface area (Å²) in [7, 11) is 1.72. The van der Waals surface area contributed by atoms with Crippen molar-refractivity contribution < 1.29 is 19.0 Å². The molecule has 2 saturated heterocycles. The maximum absolute atomic E-state index is 12.4. The van der Waals surface area contributed by atoms with Crippen molar-refractivity contribution in [1.29, 1.82) is 0 Å². The number of amides is 1. The van der Waals surface area contributed by atoms with Crippen molar-refractivity contribution in [3.63, 3.8) is 0 Å². The Kier molecular flexibility index (Phi) is 10.9. The van der Waals surface area contributed by atoms with Gasteiger partial charge in [0, 0.05) is 59.6 Å². The number of likely N-dealkylation sites (tertiary alicyclic amines) is 2. The smallest absolute Gasteiger partial charge is 0.410 e. The highest BCUT2D eigenvalue weighted by atomic mass is 16.6. The van der Waals surface area contributed by atoms with Crippen LogP contribution in [0.1, 0.15) is 59.8 Å². The zero-order chi connectivity index (χ0) is 22.7. The van der Waals surface area contributed by atoms with Crippen molar-refractivity contribution in [1.82, 2.24) is 15.1 Å². The molecule has 2 aliphatic rings. The maximum Gasteiger partial charge on any atom is 0.410 e. The summed E-state index contributed by atoms with van der Waals surface area (Å²) in [6.45, 7) is 14.3. The van der Waals surface area contributed by atoms with Crippen molar-refractivity contribution in [3.8, 4) is 0 Å². The Hall–Kier alpha value is -1.54. The molecule has 8 heteroatoms. The lowest BCUT2D eigenvalue weighted by molar-refractivity contribution is 0.00988. The van der Waals surface area contributed by atoms with Crippen LogP contribution in [0.3, 0.4) is 0 Å². The number of nitrogens with zero attached hydrogens (tertiary/aromatic N) is 3. The molecule has 31 heavy (non-hydrogen) atoms. The number of carbonyl (C=O) groups is 1. The second kappa shape index (κ2) is 13.1. The van der Waals surface area contributed by atoms with Gasteiger partial charge < -0.3 is 29.3 Å². The van der Waals surface area contributed by atoms with Gasteiger partial charge >= 0.3 is 6.09 Å². The van der Waals surface area contributed by atoms with Crippen LogP contribution in [0.15, 0.2) is 4.99 Å². The summed E-state index contributed by atoms with van der Waals surface area (Å²) in [5.74, 6) is 1.35. The van der Waals surface area contributed by atoms with Gasteiger partial charge in [0.15, 0.2) is 5.96 Å². The van der Waals surface area contributed by atoms with Gasteiger partial charge in [-0.1, -0.05) is 0 Å². The molecule has 0 spiro atoms. The summed E-state index contributed by atoms with van der Waals surface area (Å²) in [6, 6.07) is 0. The van der Waals surface area contributed by atoms with E-state index in [0.29, 0.717) is 12.0 Å². The predicted octanol–water partition coefficient (Wildman–Crippen LogP) is 3.12. The number of nitrogens with one attached hydrogen (secondary N) is 1. The summed E-state index contributed by atoms with van der Waals surface area (Å²) in [5, 5.41) is 3.45. The lowest BCUT2D eigenvalue weighted by Crippen LogP contribution is -2.47. The minimum atomic E-state index is -0.458. The van der Waals surface area contributed by atoms with Gasteiger partial charge in [0.1, 0.15) is 5.60 Å². The van der Waals surface area contributed by atoms with Crippen LogP contribution in [0, 0.1) is 5.92 Å². The molecule has 0 aromatic carbocycles. The normalized spacial score (nSPS) is 21.3. The van der Waals surface area contributed by atoms with Crippen LogP contribution in [0.4, 0.5) is 4.79 Å². The quantitative estimate of drug-likeness (QED) is 0.355. The fourth-order valence-corrected chi connectivity index (χ4v) is 4.04. The minimum Gasteiger partial charge on any atom is -0.444 e. The first-order valence-corrected chi connectivity index (χ1v) is 11.9. The standard InChI is InChI=1S/C23H44N4O4/c1-6-24-21(26-13-10-20(11-14-26)30-16-8-15-29-5)25-17-19-9-7-12-27(18-19)22(28)31-23(2,3)4/h19-20H,6-18H2,1-5H3,(H,24,25). The van der Waals surface area contributed by atoms with Crippen molar-refractivity contribution in [2.45, 2.75) is 71.5 Å². The number of methoxy groups -OCH3 is 1. The monoisotopic (exact) mass is 440 g/mol. The predicted molar refractivity (Wildman–Crippen MR) is 124 cm³/mol. The van der Waals surface area contributed by atoms with Gasteiger partial charge in [-0.15, -0.1) is 0 Å². The number of piperidine rings is 2. The van der Waals surface area contributed by atoms with Crippen molar-refractivity contribution in [3.05, 3.63) is 0 Å². The van der Waals surface area contributed by atoms with Gasteiger partial charge in [-0.2, -0.15) is 0 Å². The fraction of sp³-hybridized carbons (Fsp3) is 0.913. The van der Waals surface area contributed by atoms with Crippen molar-refractivity contribution >= 4 is 12.1 Å². The van der Waals surface area contributed by atoms with E-state index in [1.165, 1.54) is 0 Å². The number of aliphatic imine (C=N–C) groups is 1. The van der Waals surface area contributed by atoms with Gasteiger partial charge in [0.25, 0.3) is 0 Å². The first-order valence-electron chi connectivity index (χ1n) is 11.9. The summed E-state index contributed by atoms with van der Waals surface area (Å²) >= 11 is 0. The van der Waals surface area contributed by atoms with E-state index in [2.05, 4.69) is 17.1 Å². The van der Waals surface area contributed by atoms with E-state index in [0.717, 1.165) is 90.5 Å². The molecule has 2 heterocycles. The average molecular weight is 441 g/mol. The number of guanidine groups is 1. The molecular formula is C23H44N4O4. The Morgan fingerprint density at radius 2 is 1.84 bits per heavy atom. The van der Waals surface area contributed by atoms with E-state index in [9.17, 15) is 4.79 Å². The van der Waals surface area contributed by atoms with Gasteiger partial charge in [0.05, 0.1) is 6.10 Å². The second-order valence-corrected chi connectivity index (χ2v) is 9.53. The first-order chi connectivity index (χ1) is 14.8. The van der Waals surface area contributed by atoms with E-state index in [1.54, 1.807) is 7.11 Å². The molecule has 180 valence electrons. The largest absolute Gasteiger partial charge is 0.444 e. The van der Waals surface area contributed by atoms with Crippen LogP contribution in [-0.4, -0.2) is 93.1 Å². The molecule has 1 amide bonds. The zero-order valence-electron chi connectivity index (χ0n) is 20.3. The van der Waals surface area contributed by atoms with E-state index in [-0.39, 0.29) is 6.09 Å². The number of carbonyl (C=O) groups excluding carboxylic acids is 1. The molecule has 2 rings (SSSR count). The van der Waals surface area contributed by atoms with Crippen LogP contribution >= 0.6 is 0 Å². The molecule has 0 aliphatic carbocycles. The van der Waals surface area contributed by atoms with Crippen LogP contribution < -0.4 is 5.32 Å². The highest BCUT2D eigenvalue weighted by Gasteiger charge is 2.28. The maximum atomic E-state index is 12.4. The zero-order valence-corrected chi connectivity index (χ0v) is 20.3. The third-order valence-corrected chi connectivity index (χ3v) is 5.59. The van der Waals surface area contributed by atoms with Gasteiger partial charge in [-0.3, -0.25) is 4.99 Å². The van der Waals surface area contributed by atoms with Gasteiger partial charge in [0.2, 0.25) is 0 Å². The Morgan fingerprint density at radius 1 is 1.10 bits per heavy atom. The van der Waals surface area contributed by atoms with E-state index >= 15 is 0 Å². The second-order valence-electron chi connectivity index (χ2n) is 9.53. The molecule has 0 aromatic rings. The van der Waals surface area contributed by atoms with Crippen LogP contribution in [-0.2, 0) is 14.2 Å². The number of hydrogen-bond donors (Lipinski definition) is 1. The SMILES string of the molecule is CCNC(=NCC1CCCN(C(=O)OC(C)(C)C)C1)N1CCC(OCCCOC)CC1. The minimum absolute atomic E-state index is 0.208. The summed E-state index contributed by atoms with van der Waals surface area (Å²) < 4.78 is 16.6. The van der Waals surface area contributed by atoms with Crippen LogP contribution in [0.5, 0.6) is 0 Å². The molecule has 0 saturated carbocycles. The van der Waals surface area contributed by atoms with Crippen LogP contribution in [0.25, 0.3) is 0 Å². The Labute approximate surface area is 188 Å². The summed E-state index contributed by atoms with van der Waals surface area (Å²) in [6.07, 6.45) is 5.21. The number of ether oxygens (including phenoxy) is 3. The van der Waals surface area contributed by atoms with E-state index in [4.69, 9.17) is 19.2 Å². The molecule has 1 N–H and O–H groups in total. The third-order valence-electron chi connectivity index (χ3n) is 5.59. The molecule has 8 nitrogen and oxygen atoms in total. The highest BCUT2D eigenvalue weighted by Crippen LogP contribution is 2.20. The van der Waals surface area contributed by atoms with E-state index in [1.807, 2.05) is 25.7 Å². The Balaban J connectivity index is 1.82. The lowest BCUT2D eigenvalue weighted by atomic mass is 9.98. The third kappa shape index (κ3) is 9.64. The van der Waals surface area contributed by atoms with Crippen molar-refractivity contribution in [2.75, 3.05) is 59.6 Å². The van der Waals surface area contributed by atoms with Gasteiger partial charge in [-0.25, -0.2) is 4.79 Å². The van der Waals surface area contributed by atoms with Crippen molar-refractivity contribution in [2.24, 2.45) is 10.9 Å². The van der Waals surface area contributed by atoms with E-state index < -0.39 is 5.60 Å². The van der Waals surface area contributed by atoms with Gasteiger partial charge in [-0.05, 0) is 65.7 Å². The fourth-order valence-electron chi connectivity index (χ4n) is 4.04. The molecule has 0 bridgehead atoms. The lowest BCUT2D eigenvalue weighted by Gasteiger charge is -2.35. The summed E-state index contributed by atoms with van der Waals surface area (Å²) in [4.78, 5) is 21.5. The molecule has 0 radical (unpaired) electrons. The average Bonchev–Trinajstić information content (AvgIpc) is 2.74. The molecule has 2 aliphatic heterocycles. The molecule has 1 unspecified atom stereocenters. The molecule has 2 fully saturated rings. The molecule has 0 aromatic heterocycles. The highest BCUT2D eigenvalue weighted by molar-refractivity contribution is 5.80.